The maximum atomic E-state index is 9.56. The fraction of sp³-hybridized carbons (Fsp3) is 0.182. The van der Waals surface area contributed by atoms with Crippen LogP contribution in [0.2, 0.25) is 0 Å². The van der Waals surface area contributed by atoms with Crippen LogP contribution >= 0.6 is 11.3 Å². The lowest BCUT2D eigenvalue weighted by Gasteiger charge is -2.08. The quantitative estimate of drug-likeness (QED) is 0.568. The van der Waals surface area contributed by atoms with E-state index in [-0.39, 0.29) is 0 Å². The Bertz CT molecular complexity index is 1060. The molecule has 1 aromatic heterocycles. The first-order valence-electron chi connectivity index (χ1n) is 8.68. The first-order valence-corrected chi connectivity index (χ1v) is 9.56. The molecule has 0 saturated carbocycles. The van der Waals surface area contributed by atoms with Crippen molar-refractivity contribution in [1.82, 2.24) is 4.98 Å². The number of allylic oxidation sites excluding steroid dienone is 1. The SMILES string of the molecule is COc1ccc(-c2csc(/C(C#N)=C/Nc3ccc(C)c(C)c3)n2)cc1OC. The number of methoxy groups -OCH3 is 2. The van der Waals surface area contributed by atoms with E-state index in [2.05, 4.69) is 42.4 Å². The van der Waals surface area contributed by atoms with E-state index in [0.29, 0.717) is 22.1 Å². The maximum absolute atomic E-state index is 9.56. The molecule has 0 amide bonds. The first-order chi connectivity index (χ1) is 13.5. The van der Waals surface area contributed by atoms with Gasteiger partial charge in [-0.25, -0.2) is 4.98 Å². The molecule has 142 valence electrons. The monoisotopic (exact) mass is 391 g/mol. The van der Waals surface area contributed by atoms with Gasteiger partial charge in [-0.2, -0.15) is 5.26 Å². The minimum atomic E-state index is 0.481. The summed E-state index contributed by atoms with van der Waals surface area (Å²) >= 11 is 1.43. The molecule has 2 aromatic carbocycles. The number of aromatic nitrogens is 1. The summed E-state index contributed by atoms with van der Waals surface area (Å²) in [6.07, 6.45) is 1.70. The first kappa shape index (κ1) is 19.5. The molecule has 28 heavy (non-hydrogen) atoms. The van der Waals surface area contributed by atoms with Crippen LogP contribution in [0.3, 0.4) is 0 Å². The van der Waals surface area contributed by atoms with Gasteiger partial charge in [0.1, 0.15) is 16.6 Å². The predicted octanol–water partition coefficient (Wildman–Crippen LogP) is 5.42. The average molecular weight is 391 g/mol. The van der Waals surface area contributed by atoms with Crippen LogP contribution in [0.1, 0.15) is 16.1 Å². The Balaban J connectivity index is 1.85. The number of hydrogen-bond donors (Lipinski definition) is 1. The van der Waals surface area contributed by atoms with Crippen molar-refractivity contribution in [2.24, 2.45) is 0 Å². The van der Waals surface area contributed by atoms with Crippen molar-refractivity contribution in [2.45, 2.75) is 13.8 Å². The lowest BCUT2D eigenvalue weighted by atomic mass is 10.1. The van der Waals surface area contributed by atoms with E-state index in [9.17, 15) is 5.26 Å². The Kier molecular flexibility index (Phi) is 5.97. The molecule has 3 aromatic rings. The molecule has 0 saturated heterocycles. The summed E-state index contributed by atoms with van der Waals surface area (Å²) in [6.45, 7) is 4.13. The number of nitrogens with one attached hydrogen (secondary N) is 1. The molecule has 0 aliphatic rings. The van der Waals surface area contributed by atoms with Crippen LogP contribution in [0, 0.1) is 25.2 Å². The third-order valence-corrected chi connectivity index (χ3v) is 5.30. The second kappa shape index (κ2) is 8.59. The highest BCUT2D eigenvalue weighted by molar-refractivity contribution is 7.11. The second-order valence-corrected chi connectivity index (χ2v) is 7.08. The van der Waals surface area contributed by atoms with Crippen LogP contribution in [0.25, 0.3) is 16.8 Å². The van der Waals surface area contributed by atoms with E-state index in [1.165, 1.54) is 22.5 Å². The van der Waals surface area contributed by atoms with Crippen molar-refractivity contribution in [3.05, 3.63) is 64.1 Å². The lowest BCUT2D eigenvalue weighted by molar-refractivity contribution is 0.355. The van der Waals surface area contributed by atoms with Crippen LogP contribution in [0.5, 0.6) is 11.5 Å². The summed E-state index contributed by atoms with van der Waals surface area (Å²) in [4.78, 5) is 4.62. The van der Waals surface area contributed by atoms with Crippen molar-refractivity contribution >= 4 is 22.6 Å². The van der Waals surface area contributed by atoms with E-state index in [0.717, 1.165) is 16.9 Å². The highest BCUT2D eigenvalue weighted by atomic mass is 32.1. The Morgan fingerprint density at radius 3 is 2.54 bits per heavy atom. The number of hydrogen-bond acceptors (Lipinski definition) is 6. The Morgan fingerprint density at radius 1 is 1.07 bits per heavy atom. The summed E-state index contributed by atoms with van der Waals surface area (Å²) in [6, 6.07) is 14.0. The van der Waals surface area contributed by atoms with E-state index in [1.54, 1.807) is 20.4 Å². The summed E-state index contributed by atoms with van der Waals surface area (Å²) in [7, 11) is 3.20. The zero-order valence-corrected chi connectivity index (χ0v) is 17.1. The number of benzene rings is 2. The molecular formula is C22H21N3O2S. The van der Waals surface area contributed by atoms with Gasteiger partial charge in [0.2, 0.25) is 0 Å². The van der Waals surface area contributed by atoms with Gasteiger partial charge in [0.15, 0.2) is 11.5 Å². The Morgan fingerprint density at radius 2 is 1.86 bits per heavy atom. The van der Waals surface area contributed by atoms with Crippen LogP contribution in [-0.2, 0) is 0 Å². The van der Waals surface area contributed by atoms with E-state index < -0.39 is 0 Å². The number of thiazole rings is 1. The van der Waals surface area contributed by atoms with Gasteiger partial charge < -0.3 is 14.8 Å². The van der Waals surface area contributed by atoms with Gasteiger partial charge in [-0.05, 0) is 55.3 Å². The Hall–Kier alpha value is -3.30. The lowest BCUT2D eigenvalue weighted by Crippen LogP contribution is -1.93. The molecule has 0 fully saturated rings. The zero-order valence-electron chi connectivity index (χ0n) is 16.2. The molecule has 0 radical (unpaired) electrons. The van der Waals surface area contributed by atoms with E-state index in [4.69, 9.17) is 9.47 Å². The van der Waals surface area contributed by atoms with Crippen LogP contribution in [0.15, 0.2) is 48.0 Å². The van der Waals surface area contributed by atoms with Crippen LogP contribution in [0.4, 0.5) is 5.69 Å². The summed E-state index contributed by atoms with van der Waals surface area (Å²) in [5.74, 6) is 1.30. The third kappa shape index (κ3) is 4.16. The van der Waals surface area contributed by atoms with E-state index >= 15 is 0 Å². The molecule has 1 heterocycles. The molecule has 3 rings (SSSR count). The van der Waals surface area contributed by atoms with Gasteiger partial charge in [0.05, 0.1) is 19.9 Å². The molecule has 0 unspecified atom stereocenters. The standard InChI is InChI=1S/C22H21N3O2S/c1-14-5-7-18(9-15(14)2)24-12-17(11-23)22-25-19(13-28-22)16-6-8-20(26-3)21(10-16)27-4/h5-10,12-13,24H,1-4H3/b17-12+. The molecule has 1 N–H and O–H groups in total. The largest absolute Gasteiger partial charge is 0.493 e. The van der Waals surface area contributed by atoms with E-state index in [1.807, 2.05) is 29.6 Å². The average Bonchev–Trinajstić information content (AvgIpc) is 3.20. The third-order valence-electron chi connectivity index (χ3n) is 4.42. The number of nitrogens with zero attached hydrogens (tertiary/aromatic N) is 2. The molecule has 0 bridgehead atoms. The smallest absolute Gasteiger partial charge is 0.161 e. The normalized spacial score (nSPS) is 11.0. The molecule has 0 atom stereocenters. The minimum absolute atomic E-state index is 0.481. The van der Waals surface area contributed by atoms with Crippen LogP contribution < -0.4 is 14.8 Å². The van der Waals surface area contributed by atoms with Crippen molar-refractivity contribution in [1.29, 1.82) is 5.26 Å². The fourth-order valence-corrected chi connectivity index (χ4v) is 3.45. The molecule has 0 aliphatic carbocycles. The highest BCUT2D eigenvalue weighted by Crippen LogP contribution is 2.33. The van der Waals surface area contributed by atoms with Crippen molar-refractivity contribution in [3.63, 3.8) is 0 Å². The van der Waals surface area contributed by atoms with Crippen LogP contribution in [-0.4, -0.2) is 19.2 Å². The number of nitriles is 1. The van der Waals surface area contributed by atoms with Gasteiger partial charge in [0.25, 0.3) is 0 Å². The van der Waals surface area contributed by atoms with Gasteiger partial charge in [-0.1, -0.05) is 6.07 Å². The van der Waals surface area contributed by atoms with Gasteiger partial charge in [-0.15, -0.1) is 11.3 Å². The molecule has 6 heteroatoms. The van der Waals surface area contributed by atoms with Crippen molar-refractivity contribution in [3.8, 4) is 28.8 Å². The summed E-state index contributed by atoms with van der Waals surface area (Å²) in [5, 5.41) is 15.3. The number of anilines is 1. The molecule has 5 nitrogen and oxygen atoms in total. The minimum Gasteiger partial charge on any atom is -0.493 e. The number of aryl methyl sites for hydroxylation is 2. The zero-order chi connectivity index (χ0) is 20.1. The summed E-state index contributed by atoms with van der Waals surface area (Å²) < 4.78 is 10.6. The summed E-state index contributed by atoms with van der Waals surface area (Å²) in [5.41, 5.74) is 5.53. The second-order valence-electron chi connectivity index (χ2n) is 6.22. The Labute approximate surface area is 168 Å². The number of rotatable bonds is 6. The topological polar surface area (TPSA) is 67.2 Å². The van der Waals surface area contributed by atoms with Crippen molar-refractivity contribution < 1.29 is 9.47 Å². The predicted molar refractivity (Wildman–Crippen MR) is 114 cm³/mol. The van der Waals surface area contributed by atoms with Gasteiger partial charge in [-0.3, -0.25) is 0 Å². The molecule has 0 aliphatic heterocycles. The van der Waals surface area contributed by atoms with Gasteiger partial charge in [0, 0.05) is 22.8 Å². The maximum Gasteiger partial charge on any atom is 0.161 e. The van der Waals surface area contributed by atoms with Crippen molar-refractivity contribution in [2.75, 3.05) is 19.5 Å². The number of ether oxygens (including phenoxy) is 2. The fourth-order valence-electron chi connectivity index (χ4n) is 2.65. The highest BCUT2D eigenvalue weighted by Gasteiger charge is 2.12. The van der Waals surface area contributed by atoms with Gasteiger partial charge >= 0.3 is 0 Å². The molecular weight excluding hydrogens is 370 g/mol. The molecule has 0 spiro atoms.